The van der Waals surface area contributed by atoms with Gasteiger partial charge in [-0.2, -0.15) is 0 Å². The number of nitrogens with one attached hydrogen (secondary N) is 1. The maximum absolute atomic E-state index is 12.1. The molecule has 0 radical (unpaired) electrons. The second-order valence-electron chi connectivity index (χ2n) is 4.95. The highest BCUT2D eigenvalue weighted by Gasteiger charge is 2.10. The summed E-state index contributed by atoms with van der Waals surface area (Å²) in [6.07, 6.45) is 2.56. The molecule has 0 aliphatic heterocycles. The summed E-state index contributed by atoms with van der Waals surface area (Å²) in [6.45, 7) is 3.42. The lowest BCUT2D eigenvalue weighted by molar-refractivity contribution is -0.113. The zero-order valence-corrected chi connectivity index (χ0v) is 15.5. The van der Waals surface area contributed by atoms with Crippen LogP contribution in [0.3, 0.4) is 0 Å². The van der Waals surface area contributed by atoms with Crippen molar-refractivity contribution >= 4 is 39.3 Å². The smallest absolute Gasteiger partial charge is 0.234 e. The van der Waals surface area contributed by atoms with Gasteiger partial charge in [-0.15, -0.1) is 10.2 Å². The second kappa shape index (κ2) is 9.05. The predicted octanol–water partition coefficient (Wildman–Crippen LogP) is 3.12. The highest BCUT2D eigenvalue weighted by Crippen LogP contribution is 2.21. The monoisotopic (exact) mass is 398 g/mol. The van der Waals surface area contributed by atoms with Crippen molar-refractivity contribution in [3.05, 3.63) is 34.6 Å². The fourth-order valence-corrected chi connectivity index (χ4v) is 3.19. The Hall–Kier alpha value is -1.38. The van der Waals surface area contributed by atoms with Crippen molar-refractivity contribution < 1.29 is 9.53 Å². The Morgan fingerprint density at radius 2 is 2.30 bits per heavy atom. The number of ether oxygens (including phenoxy) is 1. The molecule has 0 saturated carbocycles. The number of hydrogen-bond donors (Lipinski definition) is 1. The van der Waals surface area contributed by atoms with Crippen LogP contribution in [0.4, 0.5) is 5.69 Å². The van der Waals surface area contributed by atoms with Gasteiger partial charge in [0.1, 0.15) is 6.33 Å². The molecule has 0 spiro atoms. The number of nitrogens with zero attached hydrogens (tertiary/aromatic N) is 3. The maximum Gasteiger partial charge on any atom is 0.234 e. The first-order chi connectivity index (χ1) is 11.1. The van der Waals surface area contributed by atoms with Gasteiger partial charge in [-0.25, -0.2) is 0 Å². The zero-order valence-electron chi connectivity index (χ0n) is 13.1. The first-order valence-corrected chi connectivity index (χ1v) is 8.93. The van der Waals surface area contributed by atoms with E-state index < -0.39 is 0 Å². The number of thioether (sulfide) groups is 1. The number of carbonyl (C=O) groups excluding carboxylic acids is 1. The Labute approximate surface area is 148 Å². The molecule has 0 aliphatic carbocycles. The zero-order chi connectivity index (χ0) is 16.7. The van der Waals surface area contributed by atoms with Crippen molar-refractivity contribution in [2.45, 2.75) is 25.0 Å². The van der Waals surface area contributed by atoms with Crippen LogP contribution in [0.15, 0.2) is 34.2 Å². The van der Waals surface area contributed by atoms with Crippen LogP contribution in [0.25, 0.3) is 0 Å². The van der Waals surface area contributed by atoms with E-state index in [1.165, 1.54) is 11.8 Å². The van der Waals surface area contributed by atoms with Crippen LogP contribution < -0.4 is 5.32 Å². The predicted molar refractivity (Wildman–Crippen MR) is 94.7 cm³/mol. The largest absolute Gasteiger partial charge is 0.385 e. The summed E-state index contributed by atoms with van der Waals surface area (Å²) < 4.78 is 7.96. The summed E-state index contributed by atoms with van der Waals surface area (Å²) in [6, 6.07) is 5.76. The van der Waals surface area contributed by atoms with Crippen LogP contribution in [0.5, 0.6) is 0 Å². The molecule has 124 valence electrons. The molecule has 1 N–H and O–H groups in total. The number of amides is 1. The van der Waals surface area contributed by atoms with Crippen LogP contribution in [-0.2, 0) is 16.1 Å². The summed E-state index contributed by atoms with van der Waals surface area (Å²) in [5.74, 6) is 0.227. The normalized spacial score (nSPS) is 10.7. The molecule has 0 atom stereocenters. The van der Waals surface area contributed by atoms with Crippen LogP contribution in [-0.4, -0.2) is 40.1 Å². The van der Waals surface area contributed by atoms with Crippen LogP contribution in [0, 0.1) is 6.92 Å². The number of benzene rings is 1. The van der Waals surface area contributed by atoms with E-state index in [1.54, 1.807) is 13.4 Å². The number of aryl methyl sites for hydroxylation is 2. The third-order valence-corrected chi connectivity index (χ3v) is 4.60. The van der Waals surface area contributed by atoms with E-state index in [0.717, 1.165) is 33.8 Å². The van der Waals surface area contributed by atoms with E-state index in [0.29, 0.717) is 12.4 Å². The van der Waals surface area contributed by atoms with Crippen LogP contribution >= 0.6 is 27.7 Å². The molecule has 1 amide bonds. The number of halogens is 1. The van der Waals surface area contributed by atoms with Gasteiger partial charge in [-0.05, 0) is 37.1 Å². The quantitative estimate of drug-likeness (QED) is 0.546. The van der Waals surface area contributed by atoms with E-state index in [-0.39, 0.29) is 5.91 Å². The van der Waals surface area contributed by atoms with Crippen LogP contribution in [0.1, 0.15) is 12.0 Å². The Bertz CT molecular complexity index is 663. The van der Waals surface area contributed by atoms with Gasteiger partial charge in [-0.3, -0.25) is 4.79 Å². The molecule has 6 nitrogen and oxygen atoms in total. The van der Waals surface area contributed by atoms with Gasteiger partial charge < -0.3 is 14.6 Å². The Kier molecular flexibility index (Phi) is 7.07. The molecule has 23 heavy (non-hydrogen) atoms. The minimum Gasteiger partial charge on any atom is -0.385 e. The van der Waals surface area contributed by atoms with Gasteiger partial charge in [0.25, 0.3) is 0 Å². The summed E-state index contributed by atoms with van der Waals surface area (Å²) in [5.41, 5.74) is 1.83. The van der Waals surface area contributed by atoms with Crippen molar-refractivity contribution in [1.29, 1.82) is 0 Å². The SMILES string of the molecule is COCCCn1cnnc1SCC(=O)Nc1ccc(Br)cc1C. The highest BCUT2D eigenvalue weighted by atomic mass is 79.9. The number of carbonyl (C=O) groups is 1. The number of methoxy groups -OCH3 is 1. The van der Waals surface area contributed by atoms with E-state index in [1.807, 2.05) is 29.7 Å². The Morgan fingerprint density at radius 1 is 1.48 bits per heavy atom. The fraction of sp³-hybridized carbons (Fsp3) is 0.400. The third kappa shape index (κ3) is 5.63. The molecule has 8 heteroatoms. The van der Waals surface area contributed by atoms with Gasteiger partial charge in [0.2, 0.25) is 5.91 Å². The highest BCUT2D eigenvalue weighted by molar-refractivity contribution is 9.10. The van der Waals surface area contributed by atoms with Gasteiger partial charge in [0, 0.05) is 30.4 Å². The average molecular weight is 399 g/mol. The molecular formula is C15H19BrN4O2S. The van der Waals surface area contributed by atoms with Gasteiger partial charge >= 0.3 is 0 Å². The van der Waals surface area contributed by atoms with Gasteiger partial charge in [0.15, 0.2) is 5.16 Å². The maximum atomic E-state index is 12.1. The molecule has 0 aliphatic rings. The summed E-state index contributed by atoms with van der Waals surface area (Å²) >= 11 is 4.78. The second-order valence-corrected chi connectivity index (χ2v) is 6.81. The summed E-state index contributed by atoms with van der Waals surface area (Å²) in [7, 11) is 1.68. The Morgan fingerprint density at radius 3 is 3.04 bits per heavy atom. The molecule has 1 heterocycles. The fourth-order valence-electron chi connectivity index (χ4n) is 1.97. The van der Waals surface area contributed by atoms with E-state index in [4.69, 9.17) is 4.74 Å². The number of anilines is 1. The summed E-state index contributed by atoms with van der Waals surface area (Å²) in [5, 5.41) is 11.6. The van der Waals surface area contributed by atoms with Crippen molar-refractivity contribution in [2.75, 3.05) is 24.8 Å². The molecule has 1 aromatic heterocycles. The minimum atomic E-state index is -0.0631. The number of hydrogen-bond acceptors (Lipinski definition) is 5. The number of rotatable bonds is 8. The summed E-state index contributed by atoms with van der Waals surface area (Å²) in [4.78, 5) is 12.1. The average Bonchev–Trinajstić information content (AvgIpc) is 2.96. The van der Waals surface area contributed by atoms with Gasteiger partial charge in [0.05, 0.1) is 5.75 Å². The van der Waals surface area contributed by atoms with Crippen molar-refractivity contribution in [3.63, 3.8) is 0 Å². The lowest BCUT2D eigenvalue weighted by Gasteiger charge is -2.09. The lowest BCUT2D eigenvalue weighted by atomic mass is 10.2. The van der Waals surface area contributed by atoms with Gasteiger partial charge in [-0.1, -0.05) is 27.7 Å². The molecule has 0 bridgehead atoms. The third-order valence-electron chi connectivity index (χ3n) is 3.12. The van der Waals surface area contributed by atoms with Crippen molar-refractivity contribution in [3.8, 4) is 0 Å². The minimum absolute atomic E-state index is 0.0631. The molecule has 0 saturated heterocycles. The molecule has 2 aromatic rings. The molecule has 0 unspecified atom stereocenters. The van der Waals surface area contributed by atoms with E-state index >= 15 is 0 Å². The van der Waals surface area contributed by atoms with Crippen molar-refractivity contribution in [2.24, 2.45) is 0 Å². The topological polar surface area (TPSA) is 69.0 Å². The standard InChI is InChI=1S/C15H19BrN4O2S/c1-11-8-12(16)4-5-13(11)18-14(21)9-23-15-19-17-10-20(15)6-3-7-22-2/h4-5,8,10H,3,6-7,9H2,1-2H3,(H,18,21). The Balaban J connectivity index is 1.86. The first-order valence-electron chi connectivity index (χ1n) is 7.15. The molecule has 0 fully saturated rings. The van der Waals surface area contributed by atoms with E-state index in [9.17, 15) is 4.79 Å². The molecular weight excluding hydrogens is 380 g/mol. The number of aromatic nitrogens is 3. The van der Waals surface area contributed by atoms with Crippen LogP contribution in [0.2, 0.25) is 0 Å². The van der Waals surface area contributed by atoms with E-state index in [2.05, 4.69) is 31.4 Å². The molecule has 1 aromatic carbocycles. The van der Waals surface area contributed by atoms with Crippen molar-refractivity contribution in [1.82, 2.24) is 14.8 Å². The molecule has 2 rings (SSSR count). The lowest BCUT2D eigenvalue weighted by Crippen LogP contribution is -2.15. The first kappa shape index (κ1) is 18.0.